The average molecular weight is 352 g/mol. The van der Waals surface area contributed by atoms with E-state index >= 15 is 0 Å². The third-order valence-electron chi connectivity index (χ3n) is 4.46. The smallest absolute Gasteiger partial charge is 0.259 e. The van der Waals surface area contributed by atoms with E-state index < -0.39 is 0 Å². The van der Waals surface area contributed by atoms with Crippen LogP contribution in [0.15, 0.2) is 54.7 Å². The molecule has 0 aliphatic heterocycles. The van der Waals surface area contributed by atoms with Gasteiger partial charge in [0.15, 0.2) is 0 Å². The zero-order valence-corrected chi connectivity index (χ0v) is 14.6. The van der Waals surface area contributed by atoms with Gasteiger partial charge in [0, 0.05) is 16.6 Å². The molecule has 1 aliphatic carbocycles. The van der Waals surface area contributed by atoms with Gasteiger partial charge >= 0.3 is 0 Å². The van der Waals surface area contributed by atoms with Crippen LogP contribution in [-0.2, 0) is 0 Å². The summed E-state index contributed by atoms with van der Waals surface area (Å²) in [5, 5.41) is 8.10. The zero-order valence-electron chi connectivity index (χ0n) is 13.9. The minimum Gasteiger partial charge on any atom is -0.322 e. The second kappa shape index (κ2) is 6.37. The van der Waals surface area contributed by atoms with Crippen LogP contribution < -0.4 is 5.32 Å². The largest absolute Gasteiger partial charge is 0.322 e. The molecule has 1 amide bonds. The van der Waals surface area contributed by atoms with Crippen LogP contribution in [-0.4, -0.2) is 15.7 Å². The fourth-order valence-corrected chi connectivity index (χ4v) is 3.13. The first-order chi connectivity index (χ1) is 12.1. The second-order valence-corrected chi connectivity index (χ2v) is 6.81. The average Bonchev–Trinajstić information content (AvgIpc) is 3.36. The Balaban J connectivity index is 1.69. The molecule has 1 N–H and O–H groups in total. The van der Waals surface area contributed by atoms with Gasteiger partial charge in [-0.25, -0.2) is 4.68 Å². The van der Waals surface area contributed by atoms with Crippen molar-refractivity contribution < 1.29 is 4.79 Å². The lowest BCUT2D eigenvalue weighted by Crippen LogP contribution is -2.14. The third kappa shape index (κ3) is 3.17. The van der Waals surface area contributed by atoms with Crippen molar-refractivity contribution in [3.05, 3.63) is 76.6 Å². The number of nitrogens with one attached hydrogen (secondary N) is 1. The standard InChI is InChI=1S/C20H18ClN3O/c1-13-4-2-3-5-18(13)24-19(14-6-7-14)17(12-22-24)20(25)23-16-10-8-15(21)9-11-16/h2-5,8-12,14H,6-7H2,1H3,(H,23,25). The van der Waals surface area contributed by atoms with E-state index in [-0.39, 0.29) is 5.91 Å². The Kier molecular flexibility index (Phi) is 4.06. The number of anilines is 1. The predicted octanol–water partition coefficient (Wildman–Crippen LogP) is 4.96. The van der Waals surface area contributed by atoms with E-state index in [1.165, 1.54) is 0 Å². The van der Waals surface area contributed by atoms with Gasteiger partial charge in [-0.2, -0.15) is 5.10 Å². The maximum atomic E-state index is 12.8. The number of benzene rings is 2. The number of halogens is 1. The Morgan fingerprint density at radius 2 is 1.88 bits per heavy atom. The van der Waals surface area contributed by atoms with Crippen molar-refractivity contribution >= 4 is 23.2 Å². The van der Waals surface area contributed by atoms with E-state index in [1.54, 1.807) is 30.5 Å². The molecular weight excluding hydrogens is 334 g/mol. The van der Waals surface area contributed by atoms with E-state index in [2.05, 4.69) is 23.4 Å². The van der Waals surface area contributed by atoms with Gasteiger partial charge in [0.2, 0.25) is 0 Å². The fourth-order valence-electron chi connectivity index (χ4n) is 3.01. The van der Waals surface area contributed by atoms with E-state index in [9.17, 15) is 4.79 Å². The molecule has 0 bridgehead atoms. The Bertz CT molecular complexity index is 926. The van der Waals surface area contributed by atoms with Gasteiger partial charge in [0.1, 0.15) is 0 Å². The van der Waals surface area contributed by atoms with Gasteiger partial charge in [-0.3, -0.25) is 4.79 Å². The van der Waals surface area contributed by atoms with E-state index in [1.807, 2.05) is 22.9 Å². The topological polar surface area (TPSA) is 46.9 Å². The number of hydrogen-bond acceptors (Lipinski definition) is 2. The van der Waals surface area contributed by atoms with Crippen LogP contribution in [0.5, 0.6) is 0 Å². The third-order valence-corrected chi connectivity index (χ3v) is 4.71. The summed E-state index contributed by atoms with van der Waals surface area (Å²) in [7, 11) is 0. The summed E-state index contributed by atoms with van der Waals surface area (Å²) in [6.07, 6.45) is 3.86. The van der Waals surface area contributed by atoms with Crippen LogP contribution in [0.25, 0.3) is 5.69 Å². The van der Waals surface area contributed by atoms with Gasteiger partial charge < -0.3 is 5.32 Å². The van der Waals surface area contributed by atoms with Crippen molar-refractivity contribution in [3.8, 4) is 5.69 Å². The number of rotatable bonds is 4. The Morgan fingerprint density at radius 3 is 2.56 bits per heavy atom. The van der Waals surface area contributed by atoms with Crippen LogP contribution in [0.1, 0.15) is 40.4 Å². The van der Waals surface area contributed by atoms with Crippen molar-refractivity contribution in [1.82, 2.24) is 9.78 Å². The summed E-state index contributed by atoms with van der Waals surface area (Å²) in [4.78, 5) is 12.8. The fraction of sp³-hybridized carbons (Fsp3) is 0.200. The van der Waals surface area contributed by atoms with Crippen LogP contribution in [0.4, 0.5) is 5.69 Å². The summed E-state index contributed by atoms with van der Waals surface area (Å²) in [6, 6.07) is 15.2. The summed E-state index contributed by atoms with van der Waals surface area (Å²) >= 11 is 5.90. The molecule has 3 aromatic rings. The maximum absolute atomic E-state index is 12.8. The van der Waals surface area contributed by atoms with Gasteiger partial charge in [-0.15, -0.1) is 0 Å². The highest BCUT2D eigenvalue weighted by Gasteiger charge is 2.33. The minimum atomic E-state index is -0.135. The molecule has 0 spiro atoms. The van der Waals surface area contributed by atoms with Crippen LogP contribution in [0.2, 0.25) is 5.02 Å². The Morgan fingerprint density at radius 1 is 1.16 bits per heavy atom. The molecule has 0 radical (unpaired) electrons. The molecule has 0 atom stereocenters. The number of carbonyl (C=O) groups excluding carboxylic acids is 1. The van der Waals surface area contributed by atoms with Crippen LogP contribution in [0.3, 0.4) is 0 Å². The zero-order chi connectivity index (χ0) is 17.4. The highest BCUT2D eigenvalue weighted by atomic mass is 35.5. The number of carbonyl (C=O) groups is 1. The van der Waals surface area contributed by atoms with Gasteiger partial charge in [0.25, 0.3) is 5.91 Å². The van der Waals surface area contributed by atoms with Crippen molar-refractivity contribution in [2.45, 2.75) is 25.7 Å². The molecule has 25 heavy (non-hydrogen) atoms. The molecule has 0 saturated heterocycles. The molecule has 4 nitrogen and oxygen atoms in total. The molecule has 1 saturated carbocycles. The number of para-hydroxylation sites is 1. The first-order valence-electron chi connectivity index (χ1n) is 8.34. The highest BCUT2D eigenvalue weighted by molar-refractivity contribution is 6.30. The number of aryl methyl sites for hydroxylation is 1. The maximum Gasteiger partial charge on any atom is 0.259 e. The Hall–Kier alpha value is -2.59. The van der Waals surface area contributed by atoms with Crippen molar-refractivity contribution in [1.29, 1.82) is 0 Å². The number of hydrogen-bond donors (Lipinski definition) is 1. The quantitative estimate of drug-likeness (QED) is 0.721. The highest BCUT2D eigenvalue weighted by Crippen LogP contribution is 2.42. The lowest BCUT2D eigenvalue weighted by Gasteiger charge is -2.11. The molecule has 1 aromatic heterocycles. The molecule has 5 heteroatoms. The lowest BCUT2D eigenvalue weighted by atomic mass is 10.1. The Labute approximate surface area is 151 Å². The van der Waals surface area contributed by atoms with Crippen molar-refractivity contribution in [2.24, 2.45) is 0 Å². The van der Waals surface area contributed by atoms with Gasteiger partial charge in [-0.05, 0) is 55.7 Å². The van der Waals surface area contributed by atoms with E-state index in [0.29, 0.717) is 16.5 Å². The summed E-state index contributed by atoms with van der Waals surface area (Å²) in [5.41, 5.74) is 4.52. The predicted molar refractivity (Wildman–Crippen MR) is 99.7 cm³/mol. The number of aromatic nitrogens is 2. The lowest BCUT2D eigenvalue weighted by molar-refractivity contribution is 0.102. The minimum absolute atomic E-state index is 0.135. The van der Waals surface area contributed by atoms with Gasteiger partial charge in [-0.1, -0.05) is 29.8 Å². The molecular formula is C20H18ClN3O. The SMILES string of the molecule is Cc1ccccc1-n1ncc(C(=O)Nc2ccc(Cl)cc2)c1C1CC1. The molecule has 1 fully saturated rings. The first-order valence-corrected chi connectivity index (χ1v) is 8.72. The first kappa shape index (κ1) is 15.9. The molecule has 2 aromatic carbocycles. The van der Waals surface area contributed by atoms with Crippen LogP contribution in [0, 0.1) is 6.92 Å². The number of nitrogens with zero attached hydrogens (tertiary/aromatic N) is 2. The van der Waals surface area contributed by atoms with Crippen molar-refractivity contribution in [2.75, 3.05) is 5.32 Å². The molecule has 4 rings (SSSR count). The van der Waals surface area contributed by atoms with E-state index in [0.717, 1.165) is 35.5 Å². The monoisotopic (exact) mass is 351 g/mol. The van der Waals surface area contributed by atoms with E-state index in [4.69, 9.17) is 11.6 Å². The summed E-state index contributed by atoms with van der Waals surface area (Å²) < 4.78 is 1.92. The molecule has 1 aliphatic rings. The summed E-state index contributed by atoms with van der Waals surface area (Å²) in [6.45, 7) is 2.06. The van der Waals surface area contributed by atoms with Crippen LogP contribution >= 0.6 is 11.6 Å². The second-order valence-electron chi connectivity index (χ2n) is 6.38. The molecule has 1 heterocycles. The van der Waals surface area contributed by atoms with Crippen molar-refractivity contribution in [3.63, 3.8) is 0 Å². The molecule has 126 valence electrons. The normalized spacial score (nSPS) is 13.7. The molecule has 0 unspecified atom stereocenters. The van der Waals surface area contributed by atoms with Gasteiger partial charge in [0.05, 0.1) is 23.1 Å². The summed E-state index contributed by atoms with van der Waals surface area (Å²) in [5.74, 6) is 0.261. The number of amides is 1.